The highest BCUT2D eigenvalue weighted by atomic mass is 79.9. The number of hydrogen-bond acceptors (Lipinski definition) is 2. The van der Waals surface area contributed by atoms with Crippen molar-refractivity contribution in [3.8, 4) is 22.8 Å². The number of nitrogens with one attached hydrogen (secondary N) is 1. The minimum atomic E-state index is -0.384. The lowest BCUT2D eigenvalue weighted by Crippen LogP contribution is -1.86. The van der Waals surface area contributed by atoms with E-state index in [0.717, 1.165) is 11.8 Å². The highest BCUT2D eigenvalue weighted by Gasteiger charge is 2.14. The van der Waals surface area contributed by atoms with Crippen molar-refractivity contribution in [2.24, 2.45) is 0 Å². The van der Waals surface area contributed by atoms with Crippen molar-refractivity contribution >= 4 is 27.5 Å². The summed E-state index contributed by atoms with van der Waals surface area (Å²) in [5.41, 5.74) is 2.06. The smallest absolute Gasteiger partial charge is 0.157 e. The Kier molecular flexibility index (Phi) is 3.54. The number of halogens is 3. The fourth-order valence-electron chi connectivity index (χ4n) is 1.82. The molecule has 1 aromatic carbocycles. The van der Waals surface area contributed by atoms with Crippen molar-refractivity contribution in [3.63, 3.8) is 0 Å². The molecule has 0 spiro atoms. The molecule has 0 saturated heterocycles. The van der Waals surface area contributed by atoms with E-state index in [1.807, 2.05) is 18.2 Å². The van der Waals surface area contributed by atoms with Crippen LogP contribution in [0.1, 0.15) is 0 Å². The first-order valence-electron chi connectivity index (χ1n) is 5.77. The van der Waals surface area contributed by atoms with Gasteiger partial charge in [-0.05, 0) is 34.1 Å². The molecule has 0 aliphatic heterocycles. The third kappa shape index (κ3) is 2.46. The average molecular weight is 353 g/mol. The van der Waals surface area contributed by atoms with E-state index in [-0.39, 0.29) is 5.82 Å². The number of H-pyrrole nitrogens is 1. The maximum Gasteiger partial charge on any atom is 0.157 e. The summed E-state index contributed by atoms with van der Waals surface area (Å²) in [6, 6.07) is 10.3. The lowest BCUT2D eigenvalue weighted by molar-refractivity contribution is 0.621. The molecule has 0 aliphatic carbocycles. The van der Waals surface area contributed by atoms with Crippen molar-refractivity contribution in [2.75, 3.05) is 0 Å². The molecule has 100 valence electrons. The molecule has 20 heavy (non-hydrogen) atoms. The van der Waals surface area contributed by atoms with Gasteiger partial charge in [0.15, 0.2) is 5.82 Å². The molecule has 0 fully saturated rings. The van der Waals surface area contributed by atoms with Crippen LogP contribution in [-0.4, -0.2) is 15.0 Å². The van der Waals surface area contributed by atoms with Crippen LogP contribution in [0.4, 0.5) is 4.39 Å². The fraction of sp³-hybridized carbons (Fsp3) is 0. The summed E-state index contributed by atoms with van der Waals surface area (Å²) in [4.78, 5) is 11.5. The number of aromatic amines is 1. The Balaban J connectivity index is 2.08. The first kappa shape index (κ1) is 13.3. The Labute approximate surface area is 128 Å². The number of benzene rings is 1. The van der Waals surface area contributed by atoms with Crippen LogP contribution in [0, 0.1) is 5.82 Å². The lowest BCUT2D eigenvalue weighted by Gasteiger charge is -2.00. The van der Waals surface area contributed by atoms with Gasteiger partial charge in [0.25, 0.3) is 0 Å². The van der Waals surface area contributed by atoms with E-state index in [0.29, 0.717) is 26.8 Å². The second-order valence-electron chi connectivity index (χ2n) is 4.09. The molecule has 6 heteroatoms. The van der Waals surface area contributed by atoms with Gasteiger partial charge in [-0.3, -0.25) is 0 Å². The van der Waals surface area contributed by atoms with Gasteiger partial charge in [0, 0.05) is 5.56 Å². The summed E-state index contributed by atoms with van der Waals surface area (Å²) < 4.78 is 13.6. The minimum absolute atomic E-state index is 0.384. The second kappa shape index (κ2) is 5.34. The van der Waals surface area contributed by atoms with Gasteiger partial charge in [-0.25, -0.2) is 14.4 Å². The molecule has 0 amide bonds. The SMILES string of the molecule is Fc1ccc(-c2nc(-c3ccccc3Cl)c(Br)[nH]2)nc1. The van der Waals surface area contributed by atoms with Gasteiger partial charge in [0.05, 0.1) is 11.2 Å². The van der Waals surface area contributed by atoms with Gasteiger partial charge in [0.2, 0.25) is 0 Å². The van der Waals surface area contributed by atoms with E-state index < -0.39 is 0 Å². The molecular formula is C14H8BrClFN3. The summed E-state index contributed by atoms with van der Waals surface area (Å²) in [6.45, 7) is 0. The molecule has 0 saturated carbocycles. The summed E-state index contributed by atoms with van der Waals surface area (Å²) in [5.74, 6) is 0.164. The third-order valence-electron chi connectivity index (χ3n) is 2.76. The van der Waals surface area contributed by atoms with Crippen LogP contribution in [0.2, 0.25) is 5.02 Å². The van der Waals surface area contributed by atoms with Crippen LogP contribution < -0.4 is 0 Å². The van der Waals surface area contributed by atoms with Gasteiger partial charge in [0.1, 0.15) is 21.8 Å². The summed E-state index contributed by atoms with van der Waals surface area (Å²) in [7, 11) is 0. The summed E-state index contributed by atoms with van der Waals surface area (Å²) in [5, 5.41) is 0.610. The standard InChI is InChI=1S/C14H8BrClFN3/c15-13-12(9-3-1-2-4-10(9)16)19-14(20-13)11-6-5-8(17)7-18-11/h1-7H,(H,19,20). The number of aromatic nitrogens is 3. The Hall–Kier alpha value is -1.72. The lowest BCUT2D eigenvalue weighted by atomic mass is 10.2. The molecule has 0 bridgehead atoms. The zero-order valence-electron chi connectivity index (χ0n) is 10.1. The summed E-state index contributed by atoms with van der Waals surface area (Å²) >= 11 is 9.59. The van der Waals surface area contributed by atoms with Crippen LogP contribution in [0.3, 0.4) is 0 Å². The zero-order chi connectivity index (χ0) is 14.1. The number of nitrogens with zero attached hydrogens (tertiary/aromatic N) is 2. The topological polar surface area (TPSA) is 41.6 Å². The Morgan fingerprint density at radius 1 is 1.15 bits per heavy atom. The highest BCUT2D eigenvalue weighted by molar-refractivity contribution is 9.10. The second-order valence-corrected chi connectivity index (χ2v) is 5.29. The molecule has 2 heterocycles. The Morgan fingerprint density at radius 3 is 2.65 bits per heavy atom. The van der Waals surface area contributed by atoms with Crippen molar-refractivity contribution in [1.82, 2.24) is 15.0 Å². The molecule has 0 unspecified atom stereocenters. The monoisotopic (exact) mass is 351 g/mol. The van der Waals surface area contributed by atoms with Crippen molar-refractivity contribution < 1.29 is 4.39 Å². The third-order valence-corrected chi connectivity index (χ3v) is 3.66. The van der Waals surface area contributed by atoms with E-state index in [1.165, 1.54) is 6.07 Å². The average Bonchev–Trinajstić information content (AvgIpc) is 2.82. The number of pyridine rings is 1. The maximum atomic E-state index is 12.9. The molecule has 1 N–H and O–H groups in total. The van der Waals surface area contributed by atoms with E-state index >= 15 is 0 Å². The van der Waals surface area contributed by atoms with Crippen LogP contribution in [0.25, 0.3) is 22.8 Å². The normalized spacial score (nSPS) is 10.8. The van der Waals surface area contributed by atoms with Crippen LogP contribution in [0.5, 0.6) is 0 Å². The zero-order valence-corrected chi connectivity index (χ0v) is 12.4. The number of imidazole rings is 1. The van der Waals surface area contributed by atoms with Crippen molar-refractivity contribution in [2.45, 2.75) is 0 Å². The molecule has 3 rings (SSSR count). The molecule has 0 atom stereocenters. The summed E-state index contributed by atoms with van der Waals surface area (Å²) in [6.07, 6.45) is 1.15. The minimum Gasteiger partial charge on any atom is -0.331 e. The van der Waals surface area contributed by atoms with E-state index in [9.17, 15) is 4.39 Å². The number of hydrogen-bond donors (Lipinski definition) is 1. The fourth-order valence-corrected chi connectivity index (χ4v) is 2.54. The number of rotatable bonds is 2. The molecule has 0 aliphatic rings. The van der Waals surface area contributed by atoms with Gasteiger partial charge in [-0.1, -0.05) is 29.8 Å². The Bertz CT molecular complexity index is 755. The van der Waals surface area contributed by atoms with Crippen LogP contribution in [-0.2, 0) is 0 Å². The molecule has 3 nitrogen and oxygen atoms in total. The molecule has 0 radical (unpaired) electrons. The van der Waals surface area contributed by atoms with Gasteiger partial charge < -0.3 is 4.98 Å². The van der Waals surface area contributed by atoms with E-state index in [2.05, 4.69) is 30.9 Å². The first-order valence-corrected chi connectivity index (χ1v) is 6.94. The maximum absolute atomic E-state index is 12.9. The van der Waals surface area contributed by atoms with Gasteiger partial charge >= 0.3 is 0 Å². The predicted molar refractivity (Wildman–Crippen MR) is 79.9 cm³/mol. The molecule has 3 aromatic rings. The van der Waals surface area contributed by atoms with Crippen molar-refractivity contribution in [1.29, 1.82) is 0 Å². The largest absolute Gasteiger partial charge is 0.331 e. The Morgan fingerprint density at radius 2 is 1.95 bits per heavy atom. The van der Waals surface area contributed by atoms with E-state index in [1.54, 1.807) is 12.1 Å². The van der Waals surface area contributed by atoms with Gasteiger partial charge in [-0.2, -0.15) is 0 Å². The van der Waals surface area contributed by atoms with Crippen molar-refractivity contribution in [3.05, 3.63) is 58.0 Å². The van der Waals surface area contributed by atoms with Crippen LogP contribution in [0.15, 0.2) is 47.2 Å². The first-order chi connectivity index (χ1) is 9.65. The van der Waals surface area contributed by atoms with E-state index in [4.69, 9.17) is 11.6 Å². The molecular weight excluding hydrogens is 345 g/mol. The van der Waals surface area contributed by atoms with Gasteiger partial charge in [-0.15, -0.1) is 0 Å². The molecule has 2 aromatic heterocycles. The highest BCUT2D eigenvalue weighted by Crippen LogP contribution is 2.33. The van der Waals surface area contributed by atoms with Crippen LogP contribution >= 0.6 is 27.5 Å². The predicted octanol–water partition coefficient (Wildman–Crippen LogP) is 4.69. The quantitative estimate of drug-likeness (QED) is 0.726.